The molecule has 0 saturated carbocycles. The fourth-order valence-electron chi connectivity index (χ4n) is 2.06. The van der Waals surface area contributed by atoms with E-state index in [1.165, 1.54) is 12.1 Å². The van der Waals surface area contributed by atoms with Crippen LogP contribution in [0.4, 0.5) is 5.69 Å². The van der Waals surface area contributed by atoms with Gasteiger partial charge in [-0.1, -0.05) is 0 Å². The van der Waals surface area contributed by atoms with Crippen molar-refractivity contribution in [3.05, 3.63) is 23.8 Å². The number of hydrogen-bond donors (Lipinski definition) is 2. The van der Waals surface area contributed by atoms with Crippen LogP contribution in [0.5, 0.6) is 0 Å². The van der Waals surface area contributed by atoms with Gasteiger partial charge in [-0.25, -0.2) is 8.42 Å². The van der Waals surface area contributed by atoms with E-state index < -0.39 is 9.84 Å². The van der Waals surface area contributed by atoms with Crippen LogP contribution >= 0.6 is 0 Å². The zero-order chi connectivity index (χ0) is 14.8. The number of benzene rings is 1. The van der Waals surface area contributed by atoms with E-state index in [-0.39, 0.29) is 10.8 Å². The Morgan fingerprint density at radius 1 is 1.40 bits per heavy atom. The lowest BCUT2D eigenvalue weighted by molar-refractivity contribution is 0.122. The summed E-state index contributed by atoms with van der Waals surface area (Å²) >= 11 is 0. The van der Waals surface area contributed by atoms with Gasteiger partial charge in [0.25, 0.3) is 0 Å². The van der Waals surface area contributed by atoms with E-state index in [2.05, 4.69) is 4.84 Å². The molecule has 7 nitrogen and oxygen atoms in total. The fourth-order valence-corrected chi connectivity index (χ4v) is 2.70. The number of nitrogens with one attached hydrogen (secondary N) is 1. The van der Waals surface area contributed by atoms with Crippen molar-refractivity contribution in [2.45, 2.75) is 4.90 Å². The van der Waals surface area contributed by atoms with E-state index in [0.29, 0.717) is 37.6 Å². The molecular formula is C12H17N3O4S. The Labute approximate surface area is 117 Å². The molecule has 0 unspecified atom stereocenters. The minimum atomic E-state index is -3.31. The van der Waals surface area contributed by atoms with E-state index in [0.717, 1.165) is 6.26 Å². The molecule has 0 aromatic heterocycles. The fraction of sp³-hybridized carbons (Fsp3) is 0.417. The summed E-state index contributed by atoms with van der Waals surface area (Å²) in [5.41, 5.74) is 1.08. The molecule has 1 saturated heterocycles. The maximum absolute atomic E-state index is 11.7. The normalized spacial score (nSPS) is 16.0. The zero-order valence-electron chi connectivity index (χ0n) is 11.1. The van der Waals surface area contributed by atoms with Crippen LogP contribution < -0.4 is 10.8 Å². The van der Waals surface area contributed by atoms with Crippen molar-refractivity contribution >= 4 is 21.4 Å². The van der Waals surface area contributed by atoms with Gasteiger partial charge in [0.05, 0.1) is 29.4 Å². The maximum atomic E-state index is 11.7. The highest BCUT2D eigenvalue weighted by atomic mass is 32.2. The van der Waals surface area contributed by atoms with Crippen molar-refractivity contribution in [3.63, 3.8) is 0 Å². The topological polar surface area (TPSA) is 106 Å². The molecule has 0 radical (unpaired) electrons. The SMILES string of the molecule is CS(=O)(=O)c1ccc(C(=N)ON)c(N2CCOCC2)c1. The molecule has 1 fully saturated rings. The highest BCUT2D eigenvalue weighted by molar-refractivity contribution is 7.90. The summed E-state index contributed by atoms with van der Waals surface area (Å²) in [4.78, 5) is 6.63. The lowest BCUT2D eigenvalue weighted by Gasteiger charge is -2.30. The van der Waals surface area contributed by atoms with Crippen LogP contribution in [0.25, 0.3) is 0 Å². The Kier molecular flexibility index (Phi) is 4.26. The van der Waals surface area contributed by atoms with Crippen molar-refractivity contribution < 1.29 is 18.0 Å². The Bertz CT molecular complexity index is 609. The zero-order valence-corrected chi connectivity index (χ0v) is 11.9. The molecule has 0 amide bonds. The predicted molar refractivity (Wildman–Crippen MR) is 74.7 cm³/mol. The van der Waals surface area contributed by atoms with Gasteiger partial charge in [-0.05, 0) is 18.2 Å². The van der Waals surface area contributed by atoms with Crippen LogP contribution in [0.1, 0.15) is 5.56 Å². The Hall–Kier alpha value is -1.64. The van der Waals surface area contributed by atoms with E-state index >= 15 is 0 Å². The molecule has 1 aliphatic heterocycles. The van der Waals surface area contributed by atoms with E-state index in [9.17, 15) is 8.42 Å². The number of rotatable bonds is 3. The second kappa shape index (κ2) is 5.78. The quantitative estimate of drug-likeness (QED) is 0.467. The highest BCUT2D eigenvalue weighted by Gasteiger charge is 2.20. The van der Waals surface area contributed by atoms with Crippen molar-refractivity contribution in [1.82, 2.24) is 0 Å². The van der Waals surface area contributed by atoms with E-state index in [1.807, 2.05) is 4.90 Å². The van der Waals surface area contributed by atoms with Gasteiger partial charge in [-0.15, -0.1) is 0 Å². The molecule has 3 N–H and O–H groups in total. The second-order valence-electron chi connectivity index (χ2n) is 4.50. The summed E-state index contributed by atoms with van der Waals surface area (Å²) in [7, 11) is -3.31. The predicted octanol–water partition coefficient (Wildman–Crippen LogP) is 0.142. The van der Waals surface area contributed by atoms with E-state index in [1.54, 1.807) is 6.07 Å². The van der Waals surface area contributed by atoms with Gasteiger partial charge in [0.2, 0.25) is 5.90 Å². The van der Waals surface area contributed by atoms with E-state index in [4.69, 9.17) is 16.0 Å². The summed E-state index contributed by atoms with van der Waals surface area (Å²) in [6, 6.07) is 4.53. The molecule has 0 bridgehead atoms. The van der Waals surface area contributed by atoms with Crippen molar-refractivity contribution in [3.8, 4) is 0 Å². The first-order valence-corrected chi connectivity index (χ1v) is 7.95. The van der Waals surface area contributed by atoms with Gasteiger partial charge < -0.3 is 14.5 Å². The monoisotopic (exact) mass is 299 g/mol. The summed E-state index contributed by atoms with van der Waals surface area (Å²) in [5.74, 6) is 4.84. The average molecular weight is 299 g/mol. The number of morpholine rings is 1. The Morgan fingerprint density at radius 3 is 2.60 bits per heavy atom. The minimum absolute atomic E-state index is 0.201. The number of ether oxygens (including phenoxy) is 1. The van der Waals surface area contributed by atoms with Crippen LogP contribution in [-0.2, 0) is 19.4 Å². The molecule has 110 valence electrons. The Balaban J connectivity index is 2.50. The molecule has 0 aliphatic carbocycles. The van der Waals surface area contributed by atoms with Gasteiger partial charge in [0, 0.05) is 19.3 Å². The first-order valence-electron chi connectivity index (χ1n) is 6.06. The van der Waals surface area contributed by atoms with Gasteiger partial charge >= 0.3 is 0 Å². The van der Waals surface area contributed by atoms with Crippen LogP contribution in [-0.4, -0.2) is 46.9 Å². The van der Waals surface area contributed by atoms with Crippen molar-refractivity contribution in [2.75, 3.05) is 37.5 Å². The summed E-state index contributed by atoms with van der Waals surface area (Å²) in [6.07, 6.45) is 1.15. The molecule has 2 rings (SSSR count). The van der Waals surface area contributed by atoms with Gasteiger partial charge in [-0.2, -0.15) is 5.90 Å². The summed E-state index contributed by atoms with van der Waals surface area (Å²) in [5, 5.41) is 7.71. The van der Waals surface area contributed by atoms with Gasteiger partial charge in [-0.3, -0.25) is 5.41 Å². The third-order valence-corrected chi connectivity index (χ3v) is 4.22. The standard InChI is InChI=1S/C12H17N3O4S/c1-20(16,17)9-2-3-10(12(13)19-14)11(8-9)15-4-6-18-7-5-15/h2-3,8,13H,4-7,14H2,1H3. The molecule has 1 heterocycles. The van der Waals surface area contributed by atoms with Crippen LogP contribution in [0.2, 0.25) is 0 Å². The molecule has 1 aromatic carbocycles. The lowest BCUT2D eigenvalue weighted by atomic mass is 10.1. The third kappa shape index (κ3) is 3.09. The van der Waals surface area contributed by atoms with Crippen LogP contribution in [0, 0.1) is 5.41 Å². The summed E-state index contributed by atoms with van der Waals surface area (Å²) < 4.78 is 28.6. The second-order valence-corrected chi connectivity index (χ2v) is 6.51. The minimum Gasteiger partial charge on any atom is -0.391 e. The molecule has 8 heteroatoms. The first kappa shape index (κ1) is 14.8. The average Bonchev–Trinajstić information content (AvgIpc) is 2.46. The molecular weight excluding hydrogens is 282 g/mol. The van der Waals surface area contributed by atoms with Gasteiger partial charge in [0.1, 0.15) is 0 Å². The van der Waals surface area contributed by atoms with Crippen molar-refractivity contribution in [1.29, 1.82) is 5.41 Å². The van der Waals surface area contributed by atoms with Crippen molar-refractivity contribution in [2.24, 2.45) is 5.90 Å². The van der Waals surface area contributed by atoms with Crippen LogP contribution in [0.15, 0.2) is 23.1 Å². The lowest BCUT2D eigenvalue weighted by Crippen LogP contribution is -2.37. The smallest absolute Gasteiger partial charge is 0.239 e. The largest absolute Gasteiger partial charge is 0.391 e. The Morgan fingerprint density at radius 2 is 2.05 bits per heavy atom. The van der Waals surface area contributed by atoms with Gasteiger partial charge in [0.15, 0.2) is 9.84 Å². The number of anilines is 1. The number of nitrogens with zero attached hydrogens (tertiary/aromatic N) is 1. The molecule has 1 aliphatic rings. The highest BCUT2D eigenvalue weighted by Crippen LogP contribution is 2.26. The number of hydrogen-bond acceptors (Lipinski definition) is 7. The molecule has 0 atom stereocenters. The first-order chi connectivity index (χ1) is 9.43. The molecule has 20 heavy (non-hydrogen) atoms. The van der Waals surface area contributed by atoms with Crippen LogP contribution in [0.3, 0.4) is 0 Å². The third-order valence-electron chi connectivity index (χ3n) is 3.11. The number of sulfone groups is 1. The molecule has 0 spiro atoms. The molecule has 1 aromatic rings. The number of nitrogens with two attached hydrogens (primary N) is 1. The maximum Gasteiger partial charge on any atom is 0.239 e. The summed E-state index contributed by atoms with van der Waals surface area (Å²) in [6.45, 7) is 2.36.